The van der Waals surface area contributed by atoms with Gasteiger partial charge in [-0.05, 0) is 44.9 Å². The molecule has 1 unspecified atom stereocenters. The van der Waals surface area contributed by atoms with Crippen LogP contribution < -0.4 is 5.32 Å². The normalized spacial score (nSPS) is 21.5. The van der Waals surface area contributed by atoms with Crippen molar-refractivity contribution in [3.63, 3.8) is 0 Å². The van der Waals surface area contributed by atoms with Gasteiger partial charge in [-0.1, -0.05) is 37.8 Å². The fourth-order valence-corrected chi connectivity index (χ4v) is 5.15. The van der Waals surface area contributed by atoms with E-state index < -0.39 is 0 Å². The van der Waals surface area contributed by atoms with Crippen LogP contribution in [0.2, 0.25) is 0 Å². The zero-order valence-corrected chi connectivity index (χ0v) is 19.8. The summed E-state index contributed by atoms with van der Waals surface area (Å²) in [6, 6.07) is 0. The summed E-state index contributed by atoms with van der Waals surface area (Å²) < 4.78 is 5.33. The average Bonchev–Trinajstić information content (AvgIpc) is 2.82. The van der Waals surface area contributed by atoms with E-state index in [1.165, 1.54) is 63.5 Å². The third-order valence-electron chi connectivity index (χ3n) is 6.48. The van der Waals surface area contributed by atoms with Crippen molar-refractivity contribution >= 4 is 29.9 Å². The van der Waals surface area contributed by atoms with Crippen LogP contribution in [0, 0.1) is 19.3 Å². The second kappa shape index (κ2) is 10.1. The number of guanidine groups is 1. The molecule has 2 heterocycles. The quantitative estimate of drug-likeness (QED) is 0.369. The molecule has 1 saturated heterocycles. The minimum Gasteiger partial charge on any atom is -0.361 e. The Kier molecular flexibility index (Phi) is 8.43. The SMILES string of the molecule is CN=C(NCC(C)c1c(C)noc1C)N1CCCC2(CCCCCC2)C1.I. The van der Waals surface area contributed by atoms with E-state index in [-0.39, 0.29) is 24.0 Å². The van der Waals surface area contributed by atoms with Crippen molar-refractivity contribution in [2.24, 2.45) is 10.4 Å². The van der Waals surface area contributed by atoms with E-state index in [1.54, 1.807) is 0 Å². The van der Waals surface area contributed by atoms with E-state index in [0.717, 1.165) is 30.5 Å². The van der Waals surface area contributed by atoms with Crippen LogP contribution >= 0.6 is 24.0 Å². The summed E-state index contributed by atoms with van der Waals surface area (Å²) in [5, 5.41) is 7.72. The Morgan fingerprint density at radius 2 is 1.85 bits per heavy atom. The molecule has 1 aliphatic heterocycles. The van der Waals surface area contributed by atoms with E-state index in [0.29, 0.717) is 11.3 Å². The van der Waals surface area contributed by atoms with E-state index >= 15 is 0 Å². The summed E-state index contributed by atoms with van der Waals surface area (Å²) in [7, 11) is 1.91. The van der Waals surface area contributed by atoms with Crippen LogP contribution in [0.25, 0.3) is 0 Å². The fraction of sp³-hybridized carbons (Fsp3) is 0.810. The van der Waals surface area contributed by atoms with E-state index in [2.05, 4.69) is 27.3 Å². The molecule has 1 atom stereocenters. The predicted octanol–water partition coefficient (Wildman–Crippen LogP) is 5.02. The van der Waals surface area contributed by atoms with Gasteiger partial charge >= 0.3 is 0 Å². The summed E-state index contributed by atoms with van der Waals surface area (Å²) in [6.45, 7) is 9.42. The number of piperidine rings is 1. The molecule has 1 aromatic heterocycles. The van der Waals surface area contributed by atoms with Crippen molar-refractivity contribution in [2.75, 3.05) is 26.7 Å². The monoisotopic (exact) mass is 488 g/mol. The molecule has 0 aromatic carbocycles. The third-order valence-corrected chi connectivity index (χ3v) is 6.48. The molecule has 1 spiro atoms. The van der Waals surface area contributed by atoms with Gasteiger partial charge in [0.25, 0.3) is 0 Å². The Morgan fingerprint density at radius 3 is 2.44 bits per heavy atom. The highest BCUT2D eigenvalue weighted by Crippen LogP contribution is 2.42. The van der Waals surface area contributed by atoms with Gasteiger partial charge in [0.2, 0.25) is 0 Å². The molecule has 1 saturated carbocycles. The summed E-state index contributed by atoms with van der Waals surface area (Å²) in [5.41, 5.74) is 2.76. The van der Waals surface area contributed by atoms with E-state index in [1.807, 2.05) is 20.9 Å². The lowest BCUT2D eigenvalue weighted by Gasteiger charge is -2.44. The smallest absolute Gasteiger partial charge is 0.193 e. The van der Waals surface area contributed by atoms with Crippen LogP contribution in [-0.2, 0) is 0 Å². The summed E-state index contributed by atoms with van der Waals surface area (Å²) in [4.78, 5) is 7.11. The number of halogens is 1. The zero-order chi connectivity index (χ0) is 18.6. The van der Waals surface area contributed by atoms with Gasteiger partial charge in [0.15, 0.2) is 5.96 Å². The molecule has 1 N–H and O–H groups in total. The lowest BCUT2D eigenvalue weighted by Crippen LogP contribution is -2.51. The number of aromatic nitrogens is 1. The van der Waals surface area contributed by atoms with E-state index in [9.17, 15) is 0 Å². The lowest BCUT2D eigenvalue weighted by atomic mass is 9.74. The van der Waals surface area contributed by atoms with Crippen molar-refractivity contribution in [1.82, 2.24) is 15.4 Å². The van der Waals surface area contributed by atoms with Crippen LogP contribution in [0.3, 0.4) is 0 Å². The zero-order valence-electron chi connectivity index (χ0n) is 17.5. The molecule has 0 bridgehead atoms. The molecular formula is C21H37IN4O. The minimum atomic E-state index is 0. The van der Waals surface area contributed by atoms with Gasteiger partial charge in [-0.25, -0.2) is 0 Å². The second-order valence-electron chi connectivity index (χ2n) is 8.51. The minimum absolute atomic E-state index is 0. The van der Waals surface area contributed by atoms with Crippen molar-refractivity contribution in [3.8, 4) is 0 Å². The summed E-state index contributed by atoms with van der Waals surface area (Å²) >= 11 is 0. The molecule has 154 valence electrons. The average molecular weight is 488 g/mol. The second-order valence-corrected chi connectivity index (χ2v) is 8.51. The number of hydrogen-bond donors (Lipinski definition) is 1. The van der Waals surface area contributed by atoms with Crippen LogP contribution in [0.4, 0.5) is 0 Å². The van der Waals surface area contributed by atoms with Gasteiger partial charge in [-0.2, -0.15) is 0 Å². The van der Waals surface area contributed by atoms with Gasteiger partial charge in [0.05, 0.1) is 5.69 Å². The first-order valence-corrected chi connectivity index (χ1v) is 10.4. The topological polar surface area (TPSA) is 53.7 Å². The van der Waals surface area contributed by atoms with Crippen LogP contribution in [-0.4, -0.2) is 42.7 Å². The van der Waals surface area contributed by atoms with Crippen molar-refractivity contribution in [2.45, 2.75) is 78.1 Å². The number of aliphatic imine (C=N–C) groups is 1. The third kappa shape index (κ3) is 5.39. The Labute approximate surface area is 181 Å². The standard InChI is InChI=1S/C21H36N4O.HI/c1-16(19-17(2)24-26-18(19)3)14-23-20(22-4)25-13-9-12-21(15-25)10-7-5-6-8-11-21;/h16H,5-15H2,1-4H3,(H,22,23);1H. The maximum atomic E-state index is 5.33. The Morgan fingerprint density at radius 1 is 1.19 bits per heavy atom. The summed E-state index contributed by atoms with van der Waals surface area (Å²) in [6.07, 6.45) is 11.1. The molecule has 5 nitrogen and oxygen atoms in total. The van der Waals surface area contributed by atoms with Crippen LogP contribution in [0.1, 0.15) is 81.2 Å². The maximum Gasteiger partial charge on any atom is 0.193 e. The van der Waals surface area contributed by atoms with Crippen LogP contribution in [0.15, 0.2) is 9.52 Å². The number of nitrogens with zero attached hydrogens (tertiary/aromatic N) is 3. The Hall–Kier alpha value is -0.790. The molecular weight excluding hydrogens is 451 g/mol. The molecule has 1 aromatic rings. The molecule has 2 fully saturated rings. The first-order valence-electron chi connectivity index (χ1n) is 10.4. The van der Waals surface area contributed by atoms with Gasteiger partial charge in [0.1, 0.15) is 5.76 Å². The first kappa shape index (κ1) is 22.5. The number of nitrogens with one attached hydrogen (secondary N) is 1. The van der Waals surface area contributed by atoms with Crippen molar-refractivity contribution in [1.29, 1.82) is 0 Å². The molecule has 3 rings (SSSR count). The Bertz CT molecular complexity index is 600. The number of likely N-dealkylation sites (tertiary alicyclic amines) is 1. The molecule has 0 amide bonds. The van der Waals surface area contributed by atoms with Gasteiger partial charge in [0, 0.05) is 38.2 Å². The highest BCUT2D eigenvalue weighted by Gasteiger charge is 2.36. The molecule has 2 aliphatic rings. The Balaban J connectivity index is 0.00000261. The predicted molar refractivity (Wildman–Crippen MR) is 122 cm³/mol. The maximum absolute atomic E-state index is 5.33. The first-order chi connectivity index (χ1) is 12.5. The van der Waals surface area contributed by atoms with Gasteiger partial charge in [-0.15, -0.1) is 24.0 Å². The number of hydrogen-bond acceptors (Lipinski definition) is 3. The van der Waals surface area contributed by atoms with Crippen molar-refractivity contribution in [3.05, 3.63) is 17.0 Å². The summed E-state index contributed by atoms with van der Waals surface area (Å²) in [5.74, 6) is 2.35. The number of rotatable bonds is 3. The molecule has 6 heteroatoms. The molecule has 0 radical (unpaired) electrons. The largest absolute Gasteiger partial charge is 0.361 e. The van der Waals surface area contributed by atoms with Crippen molar-refractivity contribution < 1.29 is 4.52 Å². The van der Waals surface area contributed by atoms with Crippen LogP contribution in [0.5, 0.6) is 0 Å². The number of aryl methyl sites for hydroxylation is 2. The highest BCUT2D eigenvalue weighted by molar-refractivity contribution is 14.0. The van der Waals surface area contributed by atoms with Gasteiger partial charge < -0.3 is 14.7 Å². The molecule has 27 heavy (non-hydrogen) atoms. The molecule has 1 aliphatic carbocycles. The van der Waals surface area contributed by atoms with E-state index in [4.69, 9.17) is 4.52 Å². The fourth-order valence-electron chi connectivity index (χ4n) is 5.15. The highest BCUT2D eigenvalue weighted by atomic mass is 127. The lowest BCUT2D eigenvalue weighted by molar-refractivity contribution is 0.115. The van der Waals surface area contributed by atoms with Gasteiger partial charge in [-0.3, -0.25) is 4.99 Å².